The molecule has 1 amide bonds. The number of halogens is 1. The molecule has 0 spiro atoms. The number of rotatable bonds is 5. The van der Waals surface area contributed by atoms with Gasteiger partial charge in [-0.1, -0.05) is 15.9 Å². The second kappa shape index (κ2) is 5.16. The molecule has 0 unspecified atom stereocenters. The molecule has 5 heteroatoms. The largest absolute Gasteiger partial charge is 0.394 e. The third-order valence-corrected chi connectivity index (χ3v) is 3.44. The van der Waals surface area contributed by atoms with Gasteiger partial charge in [-0.2, -0.15) is 0 Å². The zero-order chi connectivity index (χ0) is 12.3. The summed E-state index contributed by atoms with van der Waals surface area (Å²) >= 11 is 3.33. The van der Waals surface area contributed by atoms with E-state index in [-0.39, 0.29) is 24.6 Å². The first-order chi connectivity index (χ1) is 8.13. The fourth-order valence-corrected chi connectivity index (χ4v) is 1.81. The van der Waals surface area contributed by atoms with Gasteiger partial charge in [0.2, 0.25) is 5.91 Å². The lowest BCUT2D eigenvalue weighted by atomic mass is 10.3. The van der Waals surface area contributed by atoms with E-state index in [9.17, 15) is 4.79 Å². The van der Waals surface area contributed by atoms with Crippen molar-refractivity contribution >= 4 is 27.5 Å². The highest BCUT2D eigenvalue weighted by Crippen LogP contribution is 2.34. The average Bonchev–Trinajstić information content (AvgIpc) is 3.10. The maximum absolute atomic E-state index is 11.6. The quantitative estimate of drug-likeness (QED) is 0.772. The molecule has 0 aromatic heterocycles. The van der Waals surface area contributed by atoms with Crippen molar-refractivity contribution in [1.82, 2.24) is 5.32 Å². The molecular weight excluding hydrogens is 284 g/mol. The van der Waals surface area contributed by atoms with E-state index in [2.05, 4.69) is 26.6 Å². The van der Waals surface area contributed by atoms with Crippen molar-refractivity contribution in [2.45, 2.75) is 18.4 Å². The van der Waals surface area contributed by atoms with Crippen molar-refractivity contribution in [3.05, 3.63) is 28.7 Å². The fraction of sp³-hybridized carbons (Fsp3) is 0.417. The van der Waals surface area contributed by atoms with Gasteiger partial charge in [0, 0.05) is 15.7 Å². The molecular formula is C12H15BrN2O2. The molecule has 3 N–H and O–H groups in total. The molecule has 1 saturated carbocycles. The van der Waals surface area contributed by atoms with Crippen LogP contribution in [0.4, 0.5) is 5.69 Å². The van der Waals surface area contributed by atoms with E-state index >= 15 is 0 Å². The van der Waals surface area contributed by atoms with Gasteiger partial charge in [-0.05, 0) is 37.1 Å². The summed E-state index contributed by atoms with van der Waals surface area (Å²) in [7, 11) is 0. The van der Waals surface area contributed by atoms with Crippen molar-refractivity contribution in [2.24, 2.45) is 0 Å². The highest BCUT2D eigenvalue weighted by molar-refractivity contribution is 9.10. The maximum Gasteiger partial charge on any atom is 0.238 e. The third kappa shape index (κ3) is 3.52. The number of aliphatic hydroxyl groups is 1. The number of nitrogens with one attached hydrogen (secondary N) is 2. The van der Waals surface area contributed by atoms with Crippen LogP contribution < -0.4 is 10.6 Å². The summed E-state index contributed by atoms with van der Waals surface area (Å²) in [5, 5.41) is 15.0. The lowest BCUT2D eigenvalue weighted by Crippen LogP contribution is -2.40. The normalized spacial score (nSPS) is 16.6. The maximum atomic E-state index is 11.6. The van der Waals surface area contributed by atoms with Gasteiger partial charge in [0.1, 0.15) is 0 Å². The standard InChI is InChI=1S/C12H15BrN2O2/c13-9-1-3-10(4-2-9)15-11(17)7-14-12(8-16)5-6-12/h1-4,14,16H,5-8H2,(H,15,17). The summed E-state index contributed by atoms with van der Waals surface area (Å²) in [4.78, 5) is 11.6. The van der Waals surface area contributed by atoms with Crippen molar-refractivity contribution in [2.75, 3.05) is 18.5 Å². The Labute approximate surface area is 109 Å². The first kappa shape index (κ1) is 12.5. The summed E-state index contributed by atoms with van der Waals surface area (Å²) in [6.07, 6.45) is 1.88. The second-order valence-corrected chi connectivity index (χ2v) is 5.26. The molecule has 0 bridgehead atoms. The molecule has 2 rings (SSSR count). The monoisotopic (exact) mass is 298 g/mol. The first-order valence-corrected chi connectivity index (χ1v) is 6.34. The Balaban J connectivity index is 1.79. The van der Waals surface area contributed by atoms with Crippen LogP contribution in [0.5, 0.6) is 0 Å². The number of carbonyl (C=O) groups excluding carboxylic acids is 1. The minimum atomic E-state index is -0.197. The highest BCUT2D eigenvalue weighted by atomic mass is 79.9. The highest BCUT2D eigenvalue weighted by Gasteiger charge is 2.41. The number of benzene rings is 1. The van der Waals surface area contributed by atoms with Crippen molar-refractivity contribution in [3.8, 4) is 0 Å². The predicted molar refractivity (Wildman–Crippen MR) is 69.8 cm³/mol. The molecule has 1 fully saturated rings. The zero-order valence-electron chi connectivity index (χ0n) is 9.37. The van der Waals surface area contributed by atoms with Gasteiger partial charge in [0.15, 0.2) is 0 Å². The molecule has 0 radical (unpaired) electrons. The van der Waals surface area contributed by atoms with Gasteiger partial charge in [-0.25, -0.2) is 0 Å². The van der Waals surface area contributed by atoms with Crippen molar-refractivity contribution in [3.63, 3.8) is 0 Å². The van der Waals surface area contributed by atoms with E-state index in [1.807, 2.05) is 24.3 Å². The van der Waals surface area contributed by atoms with Crippen LogP contribution in [0, 0.1) is 0 Å². The van der Waals surface area contributed by atoms with Gasteiger partial charge >= 0.3 is 0 Å². The summed E-state index contributed by atoms with van der Waals surface area (Å²) in [6.45, 7) is 0.329. The van der Waals surface area contributed by atoms with Gasteiger partial charge in [-0.3, -0.25) is 4.79 Å². The number of carbonyl (C=O) groups is 1. The van der Waals surface area contributed by atoms with E-state index < -0.39 is 0 Å². The van der Waals surface area contributed by atoms with Gasteiger partial charge in [-0.15, -0.1) is 0 Å². The molecule has 92 valence electrons. The first-order valence-electron chi connectivity index (χ1n) is 5.55. The predicted octanol–water partition coefficient (Wildman–Crippen LogP) is 1.50. The van der Waals surface area contributed by atoms with Crippen LogP contribution in [0.3, 0.4) is 0 Å². The Morgan fingerprint density at radius 2 is 2.00 bits per heavy atom. The Kier molecular flexibility index (Phi) is 3.81. The second-order valence-electron chi connectivity index (χ2n) is 4.35. The molecule has 1 aromatic carbocycles. The van der Waals surface area contributed by atoms with Crippen molar-refractivity contribution < 1.29 is 9.90 Å². The summed E-state index contributed by atoms with van der Waals surface area (Å²) in [5.41, 5.74) is 0.575. The van der Waals surface area contributed by atoms with Gasteiger partial charge in [0.05, 0.1) is 13.2 Å². The van der Waals surface area contributed by atoms with E-state index in [1.165, 1.54) is 0 Å². The number of amides is 1. The molecule has 0 heterocycles. The number of hydrogen-bond acceptors (Lipinski definition) is 3. The number of anilines is 1. The number of hydrogen-bond donors (Lipinski definition) is 3. The molecule has 0 aliphatic heterocycles. The van der Waals surface area contributed by atoms with Crippen LogP contribution in [0.1, 0.15) is 12.8 Å². The van der Waals surface area contributed by atoms with Crippen LogP contribution in [-0.2, 0) is 4.79 Å². The minimum Gasteiger partial charge on any atom is -0.394 e. The van der Waals surface area contributed by atoms with Crippen LogP contribution >= 0.6 is 15.9 Å². The van der Waals surface area contributed by atoms with Crippen LogP contribution in [0.25, 0.3) is 0 Å². The van der Waals surface area contributed by atoms with E-state index in [0.717, 1.165) is 23.0 Å². The van der Waals surface area contributed by atoms with Gasteiger partial charge < -0.3 is 15.7 Å². The van der Waals surface area contributed by atoms with E-state index in [0.29, 0.717) is 0 Å². The SMILES string of the molecule is O=C(CNC1(CO)CC1)Nc1ccc(Br)cc1. The van der Waals surface area contributed by atoms with E-state index in [4.69, 9.17) is 5.11 Å². The fourth-order valence-electron chi connectivity index (χ4n) is 1.55. The summed E-state index contributed by atoms with van der Waals surface area (Å²) in [6, 6.07) is 7.42. The summed E-state index contributed by atoms with van der Waals surface area (Å²) < 4.78 is 0.978. The molecule has 17 heavy (non-hydrogen) atoms. The van der Waals surface area contributed by atoms with Crippen LogP contribution in [-0.4, -0.2) is 29.7 Å². The van der Waals surface area contributed by atoms with Gasteiger partial charge in [0.25, 0.3) is 0 Å². The Morgan fingerprint density at radius 1 is 1.35 bits per heavy atom. The lowest BCUT2D eigenvalue weighted by Gasteiger charge is -2.13. The Morgan fingerprint density at radius 3 is 2.53 bits per heavy atom. The van der Waals surface area contributed by atoms with Crippen LogP contribution in [0.2, 0.25) is 0 Å². The molecule has 1 aliphatic rings. The third-order valence-electron chi connectivity index (χ3n) is 2.91. The topological polar surface area (TPSA) is 61.4 Å². The van der Waals surface area contributed by atoms with E-state index in [1.54, 1.807) is 0 Å². The molecule has 4 nitrogen and oxygen atoms in total. The van der Waals surface area contributed by atoms with Crippen molar-refractivity contribution in [1.29, 1.82) is 0 Å². The molecule has 1 aliphatic carbocycles. The van der Waals surface area contributed by atoms with Crippen LogP contribution in [0.15, 0.2) is 28.7 Å². The molecule has 0 atom stereocenters. The lowest BCUT2D eigenvalue weighted by molar-refractivity contribution is -0.115. The molecule has 0 saturated heterocycles. The number of aliphatic hydroxyl groups excluding tert-OH is 1. The smallest absolute Gasteiger partial charge is 0.238 e. The summed E-state index contributed by atoms with van der Waals surface area (Å²) in [5.74, 6) is -0.0907. The molecule has 1 aromatic rings. The Bertz CT molecular complexity index is 401. The zero-order valence-corrected chi connectivity index (χ0v) is 11.0. The average molecular weight is 299 g/mol. The minimum absolute atomic E-state index is 0.0907. The Hall–Kier alpha value is -0.910.